The van der Waals surface area contributed by atoms with Crippen molar-refractivity contribution in [3.8, 4) is 6.07 Å². The van der Waals surface area contributed by atoms with E-state index in [9.17, 15) is 5.26 Å². The Bertz CT molecular complexity index is 942. The molecule has 0 N–H and O–H groups in total. The number of nitrogens with zero attached hydrogens (tertiary/aromatic N) is 5. The molecule has 0 amide bonds. The lowest BCUT2D eigenvalue weighted by molar-refractivity contribution is 0.799. The number of thiophene rings is 1. The fraction of sp³-hybridized carbons (Fsp3) is 0.316. The van der Waals surface area contributed by atoms with Gasteiger partial charge in [0, 0.05) is 31.1 Å². The van der Waals surface area contributed by atoms with E-state index in [4.69, 9.17) is 0 Å². The predicted molar refractivity (Wildman–Crippen MR) is 102 cm³/mol. The van der Waals surface area contributed by atoms with Crippen molar-refractivity contribution in [2.75, 3.05) is 36.0 Å². The molecule has 1 aliphatic rings. The van der Waals surface area contributed by atoms with Crippen LogP contribution in [0.2, 0.25) is 0 Å². The Morgan fingerprint density at radius 3 is 2.76 bits per heavy atom. The van der Waals surface area contributed by atoms with E-state index < -0.39 is 0 Å². The van der Waals surface area contributed by atoms with Crippen molar-refractivity contribution in [3.05, 3.63) is 47.1 Å². The molecule has 3 aromatic rings. The molecule has 3 heterocycles. The zero-order chi connectivity index (χ0) is 17.2. The number of aryl methyl sites for hydroxylation is 1. The second-order valence-corrected chi connectivity index (χ2v) is 7.46. The van der Waals surface area contributed by atoms with E-state index in [1.54, 1.807) is 17.7 Å². The molecule has 0 unspecified atom stereocenters. The zero-order valence-electron chi connectivity index (χ0n) is 14.1. The van der Waals surface area contributed by atoms with Crippen LogP contribution in [0.1, 0.15) is 16.9 Å². The first kappa shape index (κ1) is 15.9. The second kappa shape index (κ2) is 6.69. The first-order valence-electron chi connectivity index (χ1n) is 8.46. The van der Waals surface area contributed by atoms with Gasteiger partial charge in [0.25, 0.3) is 0 Å². The van der Waals surface area contributed by atoms with E-state index in [2.05, 4.69) is 38.8 Å². The Morgan fingerprint density at radius 2 is 1.88 bits per heavy atom. The van der Waals surface area contributed by atoms with Crippen molar-refractivity contribution in [1.82, 2.24) is 9.97 Å². The molecule has 0 bridgehead atoms. The average molecular weight is 349 g/mol. The summed E-state index contributed by atoms with van der Waals surface area (Å²) in [7, 11) is 0. The summed E-state index contributed by atoms with van der Waals surface area (Å²) in [4.78, 5) is 16.0. The van der Waals surface area contributed by atoms with Crippen LogP contribution in [0.5, 0.6) is 0 Å². The molecule has 1 aromatic carbocycles. The average Bonchev–Trinajstić information content (AvgIpc) is 2.87. The zero-order valence-corrected chi connectivity index (χ0v) is 15.0. The molecule has 0 radical (unpaired) electrons. The van der Waals surface area contributed by atoms with Crippen LogP contribution >= 0.6 is 11.3 Å². The summed E-state index contributed by atoms with van der Waals surface area (Å²) >= 11 is 1.71. The highest BCUT2D eigenvalue weighted by Gasteiger charge is 2.20. The molecule has 0 spiro atoms. The normalized spacial score (nSPS) is 15.2. The van der Waals surface area contributed by atoms with Gasteiger partial charge >= 0.3 is 0 Å². The van der Waals surface area contributed by atoms with Gasteiger partial charge in [-0.05, 0) is 31.5 Å². The van der Waals surface area contributed by atoms with E-state index in [-0.39, 0.29) is 0 Å². The first-order valence-corrected chi connectivity index (χ1v) is 9.28. The van der Waals surface area contributed by atoms with Gasteiger partial charge < -0.3 is 9.80 Å². The van der Waals surface area contributed by atoms with Crippen LogP contribution in [0.4, 0.5) is 11.5 Å². The Kier molecular flexibility index (Phi) is 4.24. The summed E-state index contributed by atoms with van der Waals surface area (Å²) in [5.74, 6) is 1.03. The van der Waals surface area contributed by atoms with Gasteiger partial charge in [-0.3, -0.25) is 0 Å². The van der Waals surface area contributed by atoms with Crippen LogP contribution in [0.3, 0.4) is 0 Å². The van der Waals surface area contributed by atoms with Gasteiger partial charge in [-0.2, -0.15) is 5.26 Å². The predicted octanol–water partition coefficient (Wildman–Crippen LogP) is 3.59. The number of fused-ring (bicyclic) bond motifs is 1. The van der Waals surface area contributed by atoms with Gasteiger partial charge in [0.1, 0.15) is 23.0 Å². The van der Waals surface area contributed by atoms with Crippen LogP contribution in [-0.2, 0) is 0 Å². The third-order valence-corrected chi connectivity index (χ3v) is 5.55. The number of benzene rings is 1. The van der Waals surface area contributed by atoms with E-state index >= 15 is 0 Å². The van der Waals surface area contributed by atoms with E-state index in [1.807, 2.05) is 24.3 Å². The maximum atomic E-state index is 9.37. The van der Waals surface area contributed by atoms with E-state index in [0.717, 1.165) is 59.9 Å². The number of nitriles is 1. The number of hydrogen-bond donors (Lipinski definition) is 0. The van der Waals surface area contributed by atoms with Gasteiger partial charge in [-0.1, -0.05) is 12.1 Å². The van der Waals surface area contributed by atoms with Gasteiger partial charge in [-0.25, -0.2) is 9.97 Å². The minimum absolute atomic E-state index is 0.744. The number of anilines is 2. The molecular formula is C19H19N5S. The maximum Gasteiger partial charge on any atom is 0.140 e. The molecule has 0 saturated carbocycles. The van der Waals surface area contributed by atoms with Crippen molar-refractivity contribution in [2.24, 2.45) is 0 Å². The Balaban J connectivity index is 1.60. The fourth-order valence-corrected chi connectivity index (χ4v) is 4.27. The summed E-state index contributed by atoms with van der Waals surface area (Å²) in [6.45, 7) is 5.80. The minimum Gasteiger partial charge on any atom is -0.369 e. The summed E-state index contributed by atoms with van der Waals surface area (Å²) in [6.07, 6.45) is 2.70. The molecule has 1 saturated heterocycles. The highest BCUT2D eigenvalue weighted by atomic mass is 32.1. The molecule has 0 atom stereocenters. The van der Waals surface area contributed by atoms with Crippen molar-refractivity contribution < 1.29 is 0 Å². The molecule has 4 rings (SSSR count). The monoisotopic (exact) mass is 349 g/mol. The Morgan fingerprint density at radius 1 is 1.08 bits per heavy atom. The quantitative estimate of drug-likeness (QED) is 0.708. The highest BCUT2D eigenvalue weighted by Crippen LogP contribution is 2.30. The molecule has 1 fully saturated rings. The standard InChI is InChI=1S/C19H19N5S/c1-14-11-16-18(21-13-22-19(16)25-14)24-8-4-7-23(9-10-24)17-6-3-2-5-15(17)12-20/h2-3,5-6,11,13H,4,7-10H2,1H3. The highest BCUT2D eigenvalue weighted by molar-refractivity contribution is 7.18. The Hall–Kier alpha value is -2.65. The molecule has 0 aliphatic carbocycles. The summed E-state index contributed by atoms with van der Waals surface area (Å²) in [6, 6.07) is 12.3. The van der Waals surface area contributed by atoms with Crippen LogP contribution in [0, 0.1) is 18.3 Å². The smallest absolute Gasteiger partial charge is 0.140 e. The van der Waals surface area contributed by atoms with Crippen molar-refractivity contribution in [3.63, 3.8) is 0 Å². The molecule has 5 nitrogen and oxygen atoms in total. The van der Waals surface area contributed by atoms with Crippen LogP contribution < -0.4 is 9.80 Å². The maximum absolute atomic E-state index is 9.37. The van der Waals surface area contributed by atoms with Crippen molar-refractivity contribution >= 4 is 33.1 Å². The molecule has 1 aliphatic heterocycles. The van der Waals surface area contributed by atoms with Crippen LogP contribution in [0.15, 0.2) is 36.7 Å². The van der Waals surface area contributed by atoms with Gasteiger partial charge in [0.05, 0.1) is 16.6 Å². The van der Waals surface area contributed by atoms with Crippen molar-refractivity contribution in [2.45, 2.75) is 13.3 Å². The summed E-state index contributed by atoms with van der Waals surface area (Å²) < 4.78 is 0. The van der Waals surface area contributed by atoms with E-state index in [1.165, 1.54) is 4.88 Å². The molecular weight excluding hydrogens is 330 g/mol. The van der Waals surface area contributed by atoms with Crippen molar-refractivity contribution in [1.29, 1.82) is 5.26 Å². The Labute approximate surface area is 151 Å². The number of para-hydroxylation sites is 1. The lowest BCUT2D eigenvalue weighted by atomic mass is 10.1. The van der Waals surface area contributed by atoms with E-state index in [0.29, 0.717) is 0 Å². The fourth-order valence-electron chi connectivity index (χ4n) is 3.43. The van der Waals surface area contributed by atoms with Crippen LogP contribution in [-0.4, -0.2) is 36.1 Å². The second-order valence-electron chi connectivity index (χ2n) is 6.23. The molecule has 2 aromatic heterocycles. The largest absolute Gasteiger partial charge is 0.369 e. The van der Waals surface area contributed by atoms with Crippen LogP contribution in [0.25, 0.3) is 10.2 Å². The van der Waals surface area contributed by atoms with Gasteiger partial charge in [-0.15, -0.1) is 11.3 Å². The third kappa shape index (κ3) is 3.03. The number of rotatable bonds is 2. The summed E-state index contributed by atoms with van der Waals surface area (Å²) in [5.41, 5.74) is 1.78. The SMILES string of the molecule is Cc1cc2c(N3CCCN(c4ccccc4C#N)CC3)ncnc2s1. The molecule has 6 heteroatoms. The molecule has 126 valence electrons. The summed E-state index contributed by atoms with van der Waals surface area (Å²) in [5, 5.41) is 10.5. The minimum atomic E-state index is 0.744. The first-order chi connectivity index (χ1) is 12.3. The lowest BCUT2D eigenvalue weighted by Gasteiger charge is -2.25. The lowest BCUT2D eigenvalue weighted by Crippen LogP contribution is -2.31. The topological polar surface area (TPSA) is 56.0 Å². The number of aromatic nitrogens is 2. The molecule has 25 heavy (non-hydrogen) atoms. The number of hydrogen-bond acceptors (Lipinski definition) is 6. The third-order valence-electron chi connectivity index (χ3n) is 4.59. The van der Waals surface area contributed by atoms with Gasteiger partial charge in [0.15, 0.2) is 0 Å². The van der Waals surface area contributed by atoms with Gasteiger partial charge in [0.2, 0.25) is 0 Å².